The molecule has 0 aromatic heterocycles. The molecule has 21 heavy (non-hydrogen) atoms. The fourth-order valence-corrected chi connectivity index (χ4v) is 3.04. The van der Waals surface area contributed by atoms with Crippen LogP contribution in [0, 0.1) is 5.82 Å². The summed E-state index contributed by atoms with van der Waals surface area (Å²) in [4.78, 5) is 2.10. The highest BCUT2D eigenvalue weighted by Crippen LogP contribution is 2.36. The molecule has 2 unspecified atom stereocenters. The minimum Gasteiger partial charge on any atom is -0.326 e. The predicted molar refractivity (Wildman–Crippen MR) is 73.2 cm³/mol. The van der Waals surface area contributed by atoms with Crippen LogP contribution in [0.4, 0.5) is 17.6 Å². The highest BCUT2D eigenvalue weighted by molar-refractivity contribution is 5.30. The fraction of sp³-hybridized carbons (Fsp3) is 0.600. The van der Waals surface area contributed by atoms with Crippen molar-refractivity contribution < 1.29 is 17.6 Å². The SMILES string of the molecule is CCCN1CCCC(N)C1c1ccc(F)c(C(F)(F)F)c1. The summed E-state index contributed by atoms with van der Waals surface area (Å²) < 4.78 is 52.0. The summed E-state index contributed by atoms with van der Waals surface area (Å²) in [5.41, 5.74) is 5.35. The average Bonchev–Trinajstić information content (AvgIpc) is 2.39. The lowest BCUT2D eigenvalue weighted by Gasteiger charge is -2.40. The third kappa shape index (κ3) is 3.55. The second kappa shape index (κ2) is 6.32. The standard InChI is InChI=1S/C15H20F4N2/c1-2-7-21-8-3-4-13(20)14(21)10-5-6-12(16)11(9-10)15(17,18)19/h5-6,9,13-14H,2-4,7-8,20H2,1H3. The molecule has 0 radical (unpaired) electrons. The molecule has 1 aromatic carbocycles. The number of benzene rings is 1. The Bertz CT molecular complexity index is 485. The van der Waals surface area contributed by atoms with Crippen molar-refractivity contribution in [2.24, 2.45) is 5.73 Å². The number of nitrogens with two attached hydrogens (primary N) is 1. The lowest BCUT2D eigenvalue weighted by molar-refractivity contribution is -0.140. The normalized spacial score (nSPS) is 24.3. The Morgan fingerprint density at radius 3 is 2.67 bits per heavy atom. The van der Waals surface area contributed by atoms with E-state index in [1.807, 2.05) is 6.92 Å². The van der Waals surface area contributed by atoms with E-state index in [-0.39, 0.29) is 12.1 Å². The number of hydrogen-bond donors (Lipinski definition) is 1. The van der Waals surface area contributed by atoms with Crippen LogP contribution < -0.4 is 5.73 Å². The quantitative estimate of drug-likeness (QED) is 0.862. The van der Waals surface area contributed by atoms with Gasteiger partial charge < -0.3 is 5.73 Å². The lowest BCUT2D eigenvalue weighted by atomic mass is 9.90. The first-order valence-corrected chi connectivity index (χ1v) is 7.21. The molecular weight excluding hydrogens is 284 g/mol. The Morgan fingerprint density at radius 1 is 1.33 bits per heavy atom. The van der Waals surface area contributed by atoms with E-state index in [0.717, 1.165) is 44.5 Å². The summed E-state index contributed by atoms with van der Waals surface area (Å²) in [6.45, 7) is 3.60. The molecular formula is C15H20F4N2. The first-order valence-electron chi connectivity index (χ1n) is 7.21. The molecule has 2 atom stereocenters. The number of hydrogen-bond acceptors (Lipinski definition) is 2. The fourth-order valence-electron chi connectivity index (χ4n) is 3.04. The molecule has 0 bridgehead atoms. The van der Waals surface area contributed by atoms with E-state index in [0.29, 0.717) is 5.56 Å². The topological polar surface area (TPSA) is 29.3 Å². The molecule has 0 amide bonds. The van der Waals surface area contributed by atoms with Crippen LogP contribution in [0.5, 0.6) is 0 Å². The van der Waals surface area contributed by atoms with Crippen molar-refractivity contribution in [1.29, 1.82) is 0 Å². The van der Waals surface area contributed by atoms with Crippen LogP contribution in [0.25, 0.3) is 0 Å². The minimum absolute atomic E-state index is 0.225. The Morgan fingerprint density at radius 2 is 2.05 bits per heavy atom. The van der Waals surface area contributed by atoms with Crippen LogP contribution in [0.1, 0.15) is 43.4 Å². The average molecular weight is 304 g/mol. The van der Waals surface area contributed by atoms with E-state index in [1.54, 1.807) is 0 Å². The minimum atomic E-state index is -4.69. The maximum atomic E-state index is 13.4. The first kappa shape index (κ1) is 16.2. The number of likely N-dealkylation sites (tertiary alicyclic amines) is 1. The van der Waals surface area contributed by atoms with Gasteiger partial charge in [0.05, 0.1) is 5.56 Å². The number of alkyl halides is 3. The van der Waals surface area contributed by atoms with Gasteiger partial charge >= 0.3 is 6.18 Å². The highest BCUT2D eigenvalue weighted by atomic mass is 19.4. The van der Waals surface area contributed by atoms with Gasteiger partial charge in [-0.2, -0.15) is 13.2 Å². The molecule has 2 rings (SSSR count). The second-order valence-electron chi connectivity index (χ2n) is 5.52. The molecule has 1 aromatic rings. The summed E-state index contributed by atoms with van der Waals surface area (Å²) in [7, 11) is 0. The Kier molecular flexibility index (Phi) is 4.88. The van der Waals surface area contributed by atoms with Gasteiger partial charge in [-0.05, 0) is 50.0 Å². The molecule has 1 aliphatic rings. The van der Waals surface area contributed by atoms with Gasteiger partial charge in [-0.3, -0.25) is 4.90 Å². The first-order chi connectivity index (χ1) is 9.84. The summed E-state index contributed by atoms with van der Waals surface area (Å²) in [5, 5.41) is 0. The molecule has 1 saturated heterocycles. The van der Waals surface area contributed by atoms with Gasteiger partial charge in [0, 0.05) is 12.1 Å². The highest BCUT2D eigenvalue weighted by Gasteiger charge is 2.36. The number of nitrogens with zero attached hydrogens (tertiary/aromatic N) is 1. The van der Waals surface area contributed by atoms with Crippen LogP contribution >= 0.6 is 0 Å². The molecule has 1 heterocycles. The predicted octanol–water partition coefficient (Wildman–Crippen LogP) is 3.72. The molecule has 0 aliphatic carbocycles. The smallest absolute Gasteiger partial charge is 0.326 e. The van der Waals surface area contributed by atoms with Crippen LogP contribution in [-0.2, 0) is 6.18 Å². The van der Waals surface area contributed by atoms with Crippen molar-refractivity contribution in [2.75, 3.05) is 13.1 Å². The molecule has 1 fully saturated rings. The molecule has 0 spiro atoms. The molecule has 2 N–H and O–H groups in total. The zero-order valence-corrected chi connectivity index (χ0v) is 12.0. The van der Waals surface area contributed by atoms with E-state index in [2.05, 4.69) is 4.90 Å². The van der Waals surface area contributed by atoms with Gasteiger partial charge in [0.1, 0.15) is 5.82 Å². The van der Waals surface area contributed by atoms with E-state index in [1.165, 1.54) is 6.07 Å². The zero-order valence-electron chi connectivity index (χ0n) is 12.0. The second-order valence-corrected chi connectivity index (χ2v) is 5.52. The summed E-state index contributed by atoms with van der Waals surface area (Å²) in [6.07, 6.45) is -2.08. The van der Waals surface area contributed by atoms with E-state index >= 15 is 0 Å². The Labute approximate surface area is 121 Å². The van der Waals surface area contributed by atoms with E-state index in [4.69, 9.17) is 5.73 Å². The lowest BCUT2D eigenvalue weighted by Crippen LogP contribution is -2.46. The van der Waals surface area contributed by atoms with Gasteiger partial charge in [0.2, 0.25) is 0 Å². The van der Waals surface area contributed by atoms with Crippen molar-refractivity contribution >= 4 is 0 Å². The summed E-state index contributed by atoms with van der Waals surface area (Å²) >= 11 is 0. The van der Waals surface area contributed by atoms with Crippen molar-refractivity contribution in [3.63, 3.8) is 0 Å². The monoisotopic (exact) mass is 304 g/mol. The number of rotatable bonds is 3. The van der Waals surface area contributed by atoms with Crippen molar-refractivity contribution in [1.82, 2.24) is 4.90 Å². The van der Waals surface area contributed by atoms with Crippen LogP contribution in [0.15, 0.2) is 18.2 Å². The number of piperidine rings is 1. The molecule has 6 heteroatoms. The van der Waals surface area contributed by atoms with Gasteiger partial charge in [0.15, 0.2) is 0 Å². The van der Waals surface area contributed by atoms with Crippen LogP contribution in [-0.4, -0.2) is 24.0 Å². The third-order valence-electron chi connectivity index (χ3n) is 3.93. The molecule has 1 aliphatic heterocycles. The number of halogens is 4. The largest absolute Gasteiger partial charge is 0.419 e. The van der Waals surface area contributed by atoms with Gasteiger partial charge in [-0.1, -0.05) is 13.0 Å². The van der Waals surface area contributed by atoms with E-state index in [9.17, 15) is 17.6 Å². The Hall–Kier alpha value is -1.14. The summed E-state index contributed by atoms with van der Waals surface area (Å²) in [5.74, 6) is -1.24. The van der Waals surface area contributed by atoms with Crippen molar-refractivity contribution in [2.45, 2.75) is 44.4 Å². The van der Waals surface area contributed by atoms with Gasteiger partial charge in [-0.25, -0.2) is 4.39 Å². The van der Waals surface area contributed by atoms with E-state index < -0.39 is 17.6 Å². The maximum absolute atomic E-state index is 13.4. The van der Waals surface area contributed by atoms with Gasteiger partial charge in [0.25, 0.3) is 0 Å². The zero-order chi connectivity index (χ0) is 15.6. The Balaban J connectivity index is 2.38. The maximum Gasteiger partial charge on any atom is 0.419 e. The van der Waals surface area contributed by atoms with Gasteiger partial charge in [-0.15, -0.1) is 0 Å². The molecule has 118 valence electrons. The third-order valence-corrected chi connectivity index (χ3v) is 3.93. The van der Waals surface area contributed by atoms with Crippen LogP contribution in [0.3, 0.4) is 0 Å². The van der Waals surface area contributed by atoms with Crippen molar-refractivity contribution in [3.8, 4) is 0 Å². The summed E-state index contributed by atoms with van der Waals surface area (Å²) in [6, 6.07) is 2.72. The molecule has 2 nitrogen and oxygen atoms in total. The van der Waals surface area contributed by atoms with Crippen LogP contribution in [0.2, 0.25) is 0 Å². The molecule has 0 saturated carbocycles. The van der Waals surface area contributed by atoms with Crippen molar-refractivity contribution in [3.05, 3.63) is 35.1 Å².